The molecule has 0 aliphatic heterocycles. The molecule has 1 aromatic carbocycles. The fourth-order valence-corrected chi connectivity index (χ4v) is 3.26. The molecule has 0 spiro atoms. The zero-order chi connectivity index (χ0) is 15.8. The van der Waals surface area contributed by atoms with Crippen molar-refractivity contribution in [3.63, 3.8) is 0 Å². The molecule has 2 aromatic rings. The van der Waals surface area contributed by atoms with Gasteiger partial charge in [-0.25, -0.2) is 9.48 Å². The van der Waals surface area contributed by atoms with Crippen molar-refractivity contribution in [2.75, 3.05) is 7.11 Å². The molecule has 4 nitrogen and oxygen atoms in total. The Bertz CT molecular complexity index is 689. The number of carbonyl (C=O) groups excluding carboxylic acids is 1. The molecule has 0 unspecified atom stereocenters. The van der Waals surface area contributed by atoms with E-state index in [-0.39, 0.29) is 11.1 Å². The van der Waals surface area contributed by atoms with Crippen molar-refractivity contribution >= 4 is 33.5 Å². The number of hydrogen-bond donors (Lipinski definition) is 0. The average Bonchev–Trinajstić information content (AvgIpc) is 2.75. The maximum atomic E-state index is 11.9. The van der Waals surface area contributed by atoms with E-state index >= 15 is 0 Å². The fourth-order valence-electron chi connectivity index (χ4n) is 2.07. The molecular weight excluding hydrogens is 356 g/mol. The molecule has 0 aliphatic rings. The van der Waals surface area contributed by atoms with Crippen LogP contribution in [0.15, 0.2) is 28.7 Å². The molecule has 0 aliphatic carbocycles. The van der Waals surface area contributed by atoms with Crippen molar-refractivity contribution in [2.45, 2.75) is 26.2 Å². The first-order valence-corrected chi connectivity index (χ1v) is 7.56. The third-order valence-corrected chi connectivity index (χ3v) is 3.96. The summed E-state index contributed by atoms with van der Waals surface area (Å²) in [6.45, 7) is 6.16. The van der Waals surface area contributed by atoms with Crippen LogP contribution in [0.2, 0.25) is 5.02 Å². The van der Waals surface area contributed by atoms with E-state index in [0.717, 1.165) is 11.4 Å². The highest BCUT2D eigenvalue weighted by molar-refractivity contribution is 9.10. The van der Waals surface area contributed by atoms with Gasteiger partial charge < -0.3 is 4.74 Å². The first-order valence-electron chi connectivity index (χ1n) is 6.39. The molecule has 0 saturated carbocycles. The van der Waals surface area contributed by atoms with Gasteiger partial charge in [0.05, 0.1) is 23.0 Å². The summed E-state index contributed by atoms with van der Waals surface area (Å²) in [5.74, 6) is -0.479. The summed E-state index contributed by atoms with van der Waals surface area (Å²) in [4.78, 5) is 11.9. The number of rotatable bonds is 2. The van der Waals surface area contributed by atoms with Crippen molar-refractivity contribution in [1.82, 2.24) is 9.78 Å². The number of hydrogen-bond acceptors (Lipinski definition) is 3. The van der Waals surface area contributed by atoms with Crippen molar-refractivity contribution in [3.8, 4) is 5.69 Å². The monoisotopic (exact) mass is 370 g/mol. The lowest BCUT2D eigenvalue weighted by Gasteiger charge is -2.21. The van der Waals surface area contributed by atoms with Gasteiger partial charge in [-0.1, -0.05) is 38.4 Å². The van der Waals surface area contributed by atoms with Gasteiger partial charge in [0.1, 0.15) is 0 Å². The van der Waals surface area contributed by atoms with E-state index in [1.54, 1.807) is 16.8 Å². The maximum Gasteiger partial charge on any atom is 0.359 e. The molecule has 0 fully saturated rings. The maximum absolute atomic E-state index is 11.9. The van der Waals surface area contributed by atoms with Gasteiger partial charge >= 0.3 is 5.97 Å². The van der Waals surface area contributed by atoms with E-state index in [9.17, 15) is 4.79 Å². The van der Waals surface area contributed by atoms with Crippen LogP contribution < -0.4 is 0 Å². The Hall–Kier alpha value is -1.33. The summed E-state index contributed by atoms with van der Waals surface area (Å²) in [5, 5.41) is 5.00. The lowest BCUT2D eigenvalue weighted by atomic mass is 9.91. The number of benzene rings is 1. The Kier molecular flexibility index (Phi) is 4.44. The third-order valence-electron chi connectivity index (χ3n) is 2.97. The summed E-state index contributed by atoms with van der Waals surface area (Å²) in [5.41, 5.74) is 1.70. The Morgan fingerprint density at radius 3 is 2.57 bits per heavy atom. The SMILES string of the molecule is COC(=O)c1nn(-c2cccc(Cl)c2)c(C(C)(C)C)c1Br. The molecule has 21 heavy (non-hydrogen) atoms. The normalized spacial score (nSPS) is 11.5. The number of nitrogens with zero attached hydrogens (tertiary/aromatic N) is 2. The molecule has 0 amide bonds. The van der Waals surface area contributed by atoms with Crippen LogP contribution in [0.3, 0.4) is 0 Å². The van der Waals surface area contributed by atoms with Crippen LogP contribution >= 0.6 is 27.5 Å². The van der Waals surface area contributed by atoms with E-state index in [1.165, 1.54) is 7.11 Å². The molecule has 6 heteroatoms. The highest BCUT2D eigenvalue weighted by atomic mass is 79.9. The molecule has 0 N–H and O–H groups in total. The van der Waals surface area contributed by atoms with E-state index in [0.29, 0.717) is 9.50 Å². The van der Waals surface area contributed by atoms with E-state index in [2.05, 4.69) is 41.8 Å². The highest BCUT2D eigenvalue weighted by Gasteiger charge is 2.30. The summed E-state index contributed by atoms with van der Waals surface area (Å²) in [6, 6.07) is 7.33. The Morgan fingerprint density at radius 2 is 2.05 bits per heavy atom. The summed E-state index contributed by atoms with van der Waals surface area (Å²) >= 11 is 9.53. The minimum Gasteiger partial charge on any atom is -0.464 e. The number of ether oxygens (including phenoxy) is 1. The number of aromatic nitrogens is 2. The summed E-state index contributed by atoms with van der Waals surface area (Å²) in [7, 11) is 1.34. The van der Waals surface area contributed by atoms with E-state index in [1.807, 2.05) is 12.1 Å². The van der Waals surface area contributed by atoms with Gasteiger partial charge in [0, 0.05) is 10.4 Å². The molecule has 0 saturated heterocycles. The van der Waals surface area contributed by atoms with Gasteiger partial charge in [-0.05, 0) is 34.1 Å². The van der Waals surface area contributed by atoms with Crippen LogP contribution in [0.5, 0.6) is 0 Å². The Balaban J connectivity index is 2.73. The number of carbonyl (C=O) groups is 1. The smallest absolute Gasteiger partial charge is 0.359 e. The van der Waals surface area contributed by atoms with Crippen molar-refractivity contribution in [3.05, 3.63) is 45.1 Å². The Labute approximate surface area is 137 Å². The molecule has 0 atom stereocenters. The predicted molar refractivity (Wildman–Crippen MR) is 86.3 cm³/mol. The van der Waals surface area contributed by atoms with Gasteiger partial charge in [0.2, 0.25) is 0 Å². The minimum atomic E-state index is -0.479. The standard InChI is InChI=1S/C15H16BrClN2O2/c1-15(2,3)13-11(16)12(14(20)21-4)18-19(13)10-7-5-6-9(17)8-10/h5-8H,1-4H3. The van der Waals surface area contributed by atoms with Crippen molar-refractivity contribution < 1.29 is 9.53 Å². The Morgan fingerprint density at radius 1 is 1.38 bits per heavy atom. The van der Waals surface area contributed by atoms with Crippen molar-refractivity contribution in [2.24, 2.45) is 0 Å². The van der Waals surface area contributed by atoms with Gasteiger partial charge in [0.25, 0.3) is 0 Å². The highest BCUT2D eigenvalue weighted by Crippen LogP contribution is 2.34. The number of esters is 1. The van der Waals surface area contributed by atoms with Gasteiger partial charge in [-0.2, -0.15) is 5.10 Å². The fraction of sp³-hybridized carbons (Fsp3) is 0.333. The molecule has 1 aromatic heterocycles. The van der Waals surface area contributed by atoms with E-state index < -0.39 is 5.97 Å². The molecule has 2 rings (SSSR count). The lowest BCUT2D eigenvalue weighted by Crippen LogP contribution is -2.18. The zero-order valence-corrected chi connectivity index (χ0v) is 14.6. The number of halogens is 2. The van der Waals surface area contributed by atoms with Crippen LogP contribution in [0, 0.1) is 0 Å². The van der Waals surface area contributed by atoms with Crippen molar-refractivity contribution in [1.29, 1.82) is 0 Å². The average molecular weight is 372 g/mol. The largest absolute Gasteiger partial charge is 0.464 e. The second-order valence-corrected chi connectivity index (χ2v) is 6.87. The molecule has 1 heterocycles. The topological polar surface area (TPSA) is 44.1 Å². The summed E-state index contributed by atoms with van der Waals surface area (Å²) < 4.78 is 7.15. The molecule has 0 bridgehead atoms. The third kappa shape index (κ3) is 3.14. The second kappa shape index (κ2) is 5.81. The van der Waals surface area contributed by atoms with Gasteiger partial charge in [-0.15, -0.1) is 0 Å². The quantitative estimate of drug-likeness (QED) is 0.736. The first kappa shape index (κ1) is 16.0. The second-order valence-electron chi connectivity index (χ2n) is 5.64. The molecule has 112 valence electrons. The van der Waals surface area contributed by atoms with E-state index in [4.69, 9.17) is 16.3 Å². The van der Waals surface area contributed by atoms with Crippen LogP contribution in [0.4, 0.5) is 0 Å². The first-order chi connectivity index (χ1) is 9.75. The van der Waals surface area contributed by atoms with Crippen LogP contribution in [-0.4, -0.2) is 22.9 Å². The van der Waals surface area contributed by atoms with Gasteiger partial charge in [-0.3, -0.25) is 0 Å². The molecule has 0 radical (unpaired) electrons. The minimum absolute atomic E-state index is 0.222. The summed E-state index contributed by atoms with van der Waals surface area (Å²) in [6.07, 6.45) is 0. The van der Waals surface area contributed by atoms with Crippen LogP contribution in [0.1, 0.15) is 37.0 Å². The zero-order valence-electron chi connectivity index (χ0n) is 12.3. The lowest BCUT2D eigenvalue weighted by molar-refractivity contribution is 0.0592. The van der Waals surface area contributed by atoms with Gasteiger partial charge in [0.15, 0.2) is 5.69 Å². The predicted octanol–water partition coefficient (Wildman–Crippen LogP) is 4.37. The van der Waals surface area contributed by atoms with Crippen LogP contribution in [0.25, 0.3) is 5.69 Å². The molecular formula is C15H16BrClN2O2. The number of methoxy groups -OCH3 is 1. The van der Waals surface area contributed by atoms with Crippen LogP contribution in [-0.2, 0) is 10.2 Å².